The van der Waals surface area contributed by atoms with E-state index in [0.29, 0.717) is 19.1 Å². The van der Waals surface area contributed by atoms with Crippen LogP contribution in [0, 0.1) is 0 Å². The molecule has 0 aromatic carbocycles. The van der Waals surface area contributed by atoms with Crippen LogP contribution in [-0.4, -0.2) is 42.1 Å². The summed E-state index contributed by atoms with van der Waals surface area (Å²) < 4.78 is 0. The van der Waals surface area contributed by atoms with Crippen LogP contribution in [0.5, 0.6) is 0 Å². The zero-order valence-corrected chi connectivity index (χ0v) is 10.7. The van der Waals surface area contributed by atoms with E-state index in [2.05, 4.69) is 5.32 Å². The van der Waals surface area contributed by atoms with Crippen molar-refractivity contribution in [3.63, 3.8) is 0 Å². The fourth-order valence-corrected chi connectivity index (χ4v) is 2.40. The summed E-state index contributed by atoms with van der Waals surface area (Å²) in [5.74, 6) is 0.102. The molecule has 0 saturated heterocycles. The van der Waals surface area contributed by atoms with Gasteiger partial charge in [-0.1, -0.05) is 0 Å². The Hall–Kier alpha value is -0.910. The lowest BCUT2D eigenvalue weighted by molar-refractivity contribution is -0.129. The number of carbonyl (C=O) groups is 1. The second-order valence-electron chi connectivity index (χ2n) is 4.44. The van der Waals surface area contributed by atoms with E-state index in [1.165, 1.54) is 0 Å². The molecule has 1 aromatic rings. The number of nitrogens with zero attached hydrogens (tertiary/aromatic N) is 1. The van der Waals surface area contributed by atoms with Crippen LogP contribution < -0.4 is 5.32 Å². The Bertz CT molecular complexity index is 363. The monoisotopic (exact) mass is 254 g/mol. The van der Waals surface area contributed by atoms with Crippen LogP contribution in [0.25, 0.3) is 0 Å². The molecule has 0 spiro atoms. The average molecular weight is 254 g/mol. The predicted molar refractivity (Wildman–Crippen MR) is 67.9 cm³/mol. The number of carbonyl (C=O) groups excluding carboxylic acids is 1. The van der Waals surface area contributed by atoms with E-state index in [4.69, 9.17) is 0 Å². The zero-order valence-electron chi connectivity index (χ0n) is 9.93. The Balaban J connectivity index is 1.67. The van der Waals surface area contributed by atoms with Gasteiger partial charge in [-0.25, -0.2) is 0 Å². The minimum atomic E-state index is -0.528. The van der Waals surface area contributed by atoms with Gasteiger partial charge in [0.2, 0.25) is 5.91 Å². The second kappa shape index (κ2) is 5.62. The smallest absolute Gasteiger partial charge is 0.236 e. The van der Waals surface area contributed by atoms with E-state index in [0.717, 1.165) is 18.4 Å². The molecule has 1 unspecified atom stereocenters. The Morgan fingerprint density at radius 3 is 3.06 bits per heavy atom. The Kier molecular flexibility index (Phi) is 4.15. The fraction of sp³-hybridized carbons (Fsp3) is 0.583. The molecule has 1 aliphatic rings. The summed E-state index contributed by atoms with van der Waals surface area (Å²) in [4.78, 5) is 13.5. The van der Waals surface area contributed by atoms with Gasteiger partial charge in [0, 0.05) is 19.6 Å². The van der Waals surface area contributed by atoms with Crippen LogP contribution in [-0.2, 0) is 4.79 Å². The van der Waals surface area contributed by atoms with Crippen LogP contribution in [0.2, 0.25) is 0 Å². The van der Waals surface area contributed by atoms with Gasteiger partial charge in [-0.2, -0.15) is 11.3 Å². The summed E-state index contributed by atoms with van der Waals surface area (Å²) in [5.41, 5.74) is 0.908. The lowest BCUT2D eigenvalue weighted by Crippen LogP contribution is -2.38. The maximum absolute atomic E-state index is 11.7. The van der Waals surface area contributed by atoms with Gasteiger partial charge in [-0.05, 0) is 35.2 Å². The van der Waals surface area contributed by atoms with Crippen molar-refractivity contribution >= 4 is 17.2 Å². The van der Waals surface area contributed by atoms with Gasteiger partial charge in [0.15, 0.2) is 0 Å². The number of aliphatic hydroxyl groups excluding tert-OH is 1. The molecule has 1 amide bonds. The highest BCUT2D eigenvalue weighted by atomic mass is 32.1. The summed E-state index contributed by atoms with van der Waals surface area (Å²) in [6, 6.07) is 2.35. The highest BCUT2D eigenvalue weighted by Crippen LogP contribution is 2.25. The largest absolute Gasteiger partial charge is 0.387 e. The maximum Gasteiger partial charge on any atom is 0.236 e. The molecule has 1 saturated carbocycles. The van der Waals surface area contributed by atoms with Crippen molar-refractivity contribution in [2.75, 3.05) is 20.1 Å². The molecule has 1 heterocycles. The van der Waals surface area contributed by atoms with Crippen molar-refractivity contribution in [2.45, 2.75) is 25.0 Å². The topological polar surface area (TPSA) is 52.6 Å². The van der Waals surface area contributed by atoms with Crippen molar-refractivity contribution in [1.82, 2.24) is 10.2 Å². The first-order chi connectivity index (χ1) is 8.18. The molecule has 17 heavy (non-hydrogen) atoms. The number of hydrogen-bond donors (Lipinski definition) is 2. The van der Waals surface area contributed by atoms with Gasteiger partial charge in [0.05, 0.1) is 12.6 Å². The molecule has 2 rings (SSSR count). The van der Waals surface area contributed by atoms with E-state index in [-0.39, 0.29) is 5.91 Å². The molecule has 5 heteroatoms. The summed E-state index contributed by atoms with van der Waals surface area (Å²) >= 11 is 1.56. The van der Waals surface area contributed by atoms with Crippen LogP contribution in [0.1, 0.15) is 24.5 Å². The molecule has 1 aliphatic carbocycles. The Labute approximate surface area is 105 Å². The highest BCUT2D eigenvalue weighted by Gasteiger charge is 2.29. The standard InChI is InChI=1S/C12H18N2O2S/c1-14(10-2-3-10)12(16)7-13-6-11(15)9-4-5-17-8-9/h4-5,8,10-11,13,15H,2-3,6-7H2,1H3. The quantitative estimate of drug-likeness (QED) is 0.796. The van der Waals surface area contributed by atoms with Crippen LogP contribution in [0.15, 0.2) is 16.8 Å². The number of likely N-dealkylation sites (N-methyl/N-ethyl adjacent to an activating group) is 1. The number of rotatable bonds is 6. The van der Waals surface area contributed by atoms with E-state index in [1.807, 2.05) is 23.9 Å². The van der Waals surface area contributed by atoms with E-state index in [1.54, 1.807) is 16.2 Å². The van der Waals surface area contributed by atoms with Crippen molar-refractivity contribution in [1.29, 1.82) is 0 Å². The zero-order chi connectivity index (χ0) is 12.3. The predicted octanol–water partition coefficient (Wildman–Crippen LogP) is 0.992. The van der Waals surface area contributed by atoms with Gasteiger partial charge < -0.3 is 15.3 Å². The minimum absolute atomic E-state index is 0.102. The average Bonchev–Trinajstić information content (AvgIpc) is 3.02. The summed E-state index contributed by atoms with van der Waals surface area (Å²) in [5, 5.41) is 16.7. The van der Waals surface area contributed by atoms with Gasteiger partial charge in [-0.15, -0.1) is 0 Å². The van der Waals surface area contributed by atoms with E-state index >= 15 is 0 Å². The SMILES string of the molecule is CN(C(=O)CNCC(O)c1ccsc1)C1CC1. The maximum atomic E-state index is 11.7. The van der Waals surface area contributed by atoms with Crippen molar-refractivity contribution < 1.29 is 9.90 Å². The lowest BCUT2D eigenvalue weighted by Gasteiger charge is -2.17. The molecule has 2 N–H and O–H groups in total. The second-order valence-corrected chi connectivity index (χ2v) is 5.22. The first kappa shape index (κ1) is 12.5. The summed E-state index contributed by atoms with van der Waals surface area (Å²) in [6.07, 6.45) is 1.72. The third-order valence-electron chi connectivity index (χ3n) is 3.03. The first-order valence-electron chi connectivity index (χ1n) is 5.85. The first-order valence-corrected chi connectivity index (χ1v) is 6.79. The number of thiophene rings is 1. The number of aliphatic hydroxyl groups is 1. The normalized spacial score (nSPS) is 16.8. The lowest BCUT2D eigenvalue weighted by atomic mass is 10.2. The highest BCUT2D eigenvalue weighted by molar-refractivity contribution is 7.07. The molecule has 1 atom stereocenters. The number of amides is 1. The van der Waals surface area contributed by atoms with Gasteiger partial charge >= 0.3 is 0 Å². The molecular weight excluding hydrogens is 236 g/mol. The molecule has 4 nitrogen and oxygen atoms in total. The van der Waals surface area contributed by atoms with Crippen LogP contribution >= 0.6 is 11.3 Å². The van der Waals surface area contributed by atoms with Gasteiger partial charge in [-0.3, -0.25) is 4.79 Å². The third-order valence-corrected chi connectivity index (χ3v) is 3.73. The van der Waals surface area contributed by atoms with Crippen molar-refractivity contribution in [2.24, 2.45) is 0 Å². The molecule has 1 fully saturated rings. The molecule has 0 radical (unpaired) electrons. The molecule has 0 aliphatic heterocycles. The molecule has 0 bridgehead atoms. The Morgan fingerprint density at radius 2 is 2.47 bits per heavy atom. The summed E-state index contributed by atoms with van der Waals surface area (Å²) in [6.45, 7) is 0.717. The van der Waals surface area contributed by atoms with Crippen LogP contribution in [0.3, 0.4) is 0 Å². The molecular formula is C12H18N2O2S. The molecule has 94 valence electrons. The number of nitrogens with one attached hydrogen (secondary N) is 1. The van der Waals surface area contributed by atoms with Crippen molar-refractivity contribution in [3.05, 3.63) is 22.4 Å². The third kappa shape index (κ3) is 3.52. The summed E-state index contributed by atoms with van der Waals surface area (Å²) in [7, 11) is 1.84. The number of hydrogen-bond acceptors (Lipinski definition) is 4. The van der Waals surface area contributed by atoms with E-state index in [9.17, 15) is 9.90 Å². The van der Waals surface area contributed by atoms with Crippen LogP contribution in [0.4, 0.5) is 0 Å². The Morgan fingerprint density at radius 1 is 1.71 bits per heavy atom. The fourth-order valence-electron chi connectivity index (χ4n) is 1.69. The van der Waals surface area contributed by atoms with Gasteiger partial charge in [0.1, 0.15) is 0 Å². The van der Waals surface area contributed by atoms with Crippen molar-refractivity contribution in [3.8, 4) is 0 Å². The van der Waals surface area contributed by atoms with E-state index < -0.39 is 6.10 Å². The molecule has 1 aromatic heterocycles. The minimum Gasteiger partial charge on any atom is -0.387 e. The van der Waals surface area contributed by atoms with Gasteiger partial charge in [0.25, 0.3) is 0 Å².